The number of hydrogen-bond acceptors (Lipinski definition) is 2. The van der Waals surface area contributed by atoms with Crippen LogP contribution >= 0.6 is 11.6 Å². The van der Waals surface area contributed by atoms with Crippen molar-refractivity contribution in [2.75, 3.05) is 7.05 Å². The van der Waals surface area contributed by atoms with E-state index >= 15 is 0 Å². The van der Waals surface area contributed by atoms with Gasteiger partial charge in [-0.15, -0.1) is 0 Å². The molecule has 0 saturated heterocycles. The molecule has 0 aliphatic rings. The van der Waals surface area contributed by atoms with Gasteiger partial charge in [-0.25, -0.2) is 4.39 Å². The Balaban J connectivity index is 2.16. The lowest BCUT2D eigenvalue weighted by Crippen LogP contribution is -2.18. The van der Waals surface area contributed by atoms with Crippen molar-refractivity contribution >= 4 is 11.6 Å². The third-order valence-corrected chi connectivity index (χ3v) is 2.95. The Kier molecular flexibility index (Phi) is 3.82. The van der Waals surface area contributed by atoms with Crippen molar-refractivity contribution in [3.8, 4) is 0 Å². The number of halogens is 2. The second kappa shape index (κ2) is 5.34. The van der Waals surface area contributed by atoms with Gasteiger partial charge in [0.2, 0.25) is 0 Å². The Labute approximate surface area is 104 Å². The Hall–Kier alpha value is -1.32. The van der Waals surface area contributed by atoms with Gasteiger partial charge in [-0.05, 0) is 43.3 Å². The summed E-state index contributed by atoms with van der Waals surface area (Å²) in [5.41, 5.74) is 0.965. The molecule has 1 aromatic heterocycles. The summed E-state index contributed by atoms with van der Waals surface area (Å²) in [6, 6.07) is 8.57. The van der Waals surface area contributed by atoms with Gasteiger partial charge in [0.1, 0.15) is 11.6 Å². The second-order valence-electron chi connectivity index (χ2n) is 3.81. The van der Waals surface area contributed by atoms with Crippen LogP contribution in [0.3, 0.4) is 0 Å². The molecular weight excluding hydrogens is 241 g/mol. The summed E-state index contributed by atoms with van der Waals surface area (Å²) in [5, 5.41) is 3.31. The normalized spacial score (nSPS) is 12.6. The highest BCUT2D eigenvalue weighted by Crippen LogP contribution is 2.22. The van der Waals surface area contributed by atoms with Crippen LogP contribution in [0.25, 0.3) is 0 Å². The average molecular weight is 254 g/mol. The number of furan rings is 1. The van der Waals surface area contributed by atoms with Crippen molar-refractivity contribution in [3.63, 3.8) is 0 Å². The fourth-order valence-corrected chi connectivity index (χ4v) is 1.94. The third-order valence-electron chi connectivity index (χ3n) is 2.66. The molecule has 0 aliphatic heterocycles. The molecule has 4 heteroatoms. The molecule has 0 amide bonds. The molecule has 2 rings (SSSR count). The van der Waals surface area contributed by atoms with E-state index in [2.05, 4.69) is 5.32 Å². The van der Waals surface area contributed by atoms with E-state index in [9.17, 15) is 4.39 Å². The number of nitrogens with one attached hydrogen (secondary N) is 1. The quantitative estimate of drug-likeness (QED) is 0.901. The molecule has 90 valence electrons. The number of rotatable bonds is 4. The summed E-state index contributed by atoms with van der Waals surface area (Å²) in [6.45, 7) is 0. The minimum absolute atomic E-state index is 0.0616. The van der Waals surface area contributed by atoms with Crippen LogP contribution in [-0.4, -0.2) is 7.05 Å². The first kappa shape index (κ1) is 12.1. The summed E-state index contributed by atoms with van der Waals surface area (Å²) in [6.07, 6.45) is 2.33. The number of hydrogen-bond donors (Lipinski definition) is 1. The minimum atomic E-state index is -0.394. The van der Waals surface area contributed by atoms with Crippen molar-refractivity contribution in [3.05, 3.63) is 58.8 Å². The molecule has 1 heterocycles. The molecule has 2 aromatic rings. The van der Waals surface area contributed by atoms with Crippen LogP contribution < -0.4 is 5.32 Å². The molecule has 0 aliphatic carbocycles. The maximum atomic E-state index is 13.0. The number of benzene rings is 1. The zero-order valence-electron chi connectivity index (χ0n) is 9.41. The van der Waals surface area contributed by atoms with Crippen molar-refractivity contribution in [1.29, 1.82) is 0 Å². The van der Waals surface area contributed by atoms with E-state index in [1.165, 1.54) is 6.07 Å². The van der Waals surface area contributed by atoms with Crippen LogP contribution in [0.15, 0.2) is 41.0 Å². The summed E-state index contributed by atoms with van der Waals surface area (Å²) < 4.78 is 18.4. The highest BCUT2D eigenvalue weighted by Gasteiger charge is 2.13. The predicted molar refractivity (Wildman–Crippen MR) is 65.6 cm³/mol. The van der Waals surface area contributed by atoms with E-state index in [0.717, 1.165) is 11.3 Å². The van der Waals surface area contributed by atoms with Gasteiger partial charge in [-0.1, -0.05) is 17.7 Å². The molecule has 0 spiro atoms. The summed E-state index contributed by atoms with van der Waals surface area (Å²) >= 11 is 5.75. The largest absolute Gasteiger partial charge is 0.468 e. The molecule has 1 unspecified atom stereocenters. The molecule has 0 bridgehead atoms. The van der Waals surface area contributed by atoms with Crippen LogP contribution in [0.5, 0.6) is 0 Å². The lowest BCUT2D eigenvalue weighted by atomic mass is 10.0. The van der Waals surface area contributed by atoms with Gasteiger partial charge in [-0.3, -0.25) is 0 Å². The summed E-state index contributed by atoms with van der Waals surface area (Å²) in [7, 11) is 1.86. The third kappa shape index (κ3) is 2.87. The van der Waals surface area contributed by atoms with E-state index < -0.39 is 5.82 Å². The van der Waals surface area contributed by atoms with E-state index in [1.807, 2.05) is 19.2 Å². The first-order valence-electron chi connectivity index (χ1n) is 5.35. The zero-order chi connectivity index (χ0) is 12.3. The van der Waals surface area contributed by atoms with Gasteiger partial charge in [0.15, 0.2) is 0 Å². The summed E-state index contributed by atoms with van der Waals surface area (Å²) in [5.74, 6) is 0.461. The second-order valence-corrected chi connectivity index (χ2v) is 4.22. The molecule has 2 nitrogen and oxygen atoms in total. The van der Waals surface area contributed by atoms with Crippen molar-refractivity contribution in [2.24, 2.45) is 0 Å². The predicted octanol–water partition coefficient (Wildman–Crippen LogP) is 3.58. The van der Waals surface area contributed by atoms with Crippen molar-refractivity contribution in [2.45, 2.75) is 12.5 Å². The number of likely N-dealkylation sites (N-methyl/N-ethyl adjacent to an activating group) is 1. The fourth-order valence-electron chi connectivity index (χ4n) is 1.74. The Morgan fingerprint density at radius 1 is 1.41 bits per heavy atom. The molecule has 1 atom stereocenters. The zero-order valence-corrected chi connectivity index (χ0v) is 10.2. The van der Waals surface area contributed by atoms with Gasteiger partial charge >= 0.3 is 0 Å². The standard InChI is InChI=1S/C13H13ClFNO/c1-16-12(13-3-2-6-17-13)8-9-4-5-11(15)10(14)7-9/h2-7,12,16H,8H2,1H3. The van der Waals surface area contributed by atoms with Gasteiger partial charge < -0.3 is 9.73 Å². The smallest absolute Gasteiger partial charge is 0.141 e. The Morgan fingerprint density at radius 3 is 2.82 bits per heavy atom. The lowest BCUT2D eigenvalue weighted by Gasteiger charge is -2.13. The van der Waals surface area contributed by atoms with E-state index in [-0.39, 0.29) is 11.1 Å². The molecule has 0 radical (unpaired) electrons. The van der Waals surface area contributed by atoms with Crippen LogP contribution in [-0.2, 0) is 6.42 Å². The van der Waals surface area contributed by atoms with Crippen LogP contribution in [0.4, 0.5) is 4.39 Å². The van der Waals surface area contributed by atoms with Crippen molar-refractivity contribution in [1.82, 2.24) is 5.32 Å². The van der Waals surface area contributed by atoms with E-state index in [4.69, 9.17) is 16.0 Å². The SMILES string of the molecule is CNC(Cc1ccc(F)c(Cl)c1)c1ccco1. The Morgan fingerprint density at radius 2 is 2.24 bits per heavy atom. The first-order valence-corrected chi connectivity index (χ1v) is 5.73. The molecule has 1 aromatic carbocycles. The van der Waals surface area contributed by atoms with Crippen molar-refractivity contribution < 1.29 is 8.81 Å². The highest BCUT2D eigenvalue weighted by molar-refractivity contribution is 6.30. The van der Waals surface area contributed by atoms with Crippen LogP contribution in [0, 0.1) is 5.82 Å². The average Bonchev–Trinajstić information content (AvgIpc) is 2.84. The van der Waals surface area contributed by atoms with Gasteiger partial charge in [-0.2, -0.15) is 0 Å². The highest BCUT2D eigenvalue weighted by atomic mass is 35.5. The minimum Gasteiger partial charge on any atom is -0.468 e. The fraction of sp³-hybridized carbons (Fsp3) is 0.231. The summed E-state index contributed by atoms with van der Waals surface area (Å²) in [4.78, 5) is 0. The maximum Gasteiger partial charge on any atom is 0.141 e. The van der Waals surface area contributed by atoms with Crippen LogP contribution in [0.1, 0.15) is 17.4 Å². The topological polar surface area (TPSA) is 25.2 Å². The van der Waals surface area contributed by atoms with E-state index in [1.54, 1.807) is 18.4 Å². The first-order chi connectivity index (χ1) is 8.20. The van der Waals surface area contributed by atoms with Crippen LogP contribution in [0.2, 0.25) is 5.02 Å². The molecular formula is C13H13ClFNO. The van der Waals surface area contributed by atoms with Gasteiger partial charge in [0.05, 0.1) is 17.3 Å². The molecule has 0 fully saturated rings. The molecule has 1 N–H and O–H groups in total. The lowest BCUT2D eigenvalue weighted by molar-refractivity contribution is 0.429. The maximum absolute atomic E-state index is 13.0. The monoisotopic (exact) mass is 253 g/mol. The van der Waals surface area contributed by atoms with Gasteiger partial charge in [0, 0.05) is 0 Å². The Bertz CT molecular complexity index is 484. The molecule has 17 heavy (non-hydrogen) atoms. The van der Waals surface area contributed by atoms with E-state index in [0.29, 0.717) is 6.42 Å². The molecule has 0 saturated carbocycles. The van der Waals surface area contributed by atoms with Gasteiger partial charge in [0.25, 0.3) is 0 Å².